The van der Waals surface area contributed by atoms with Gasteiger partial charge in [-0.05, 0) is 55.5 Å². The van der Waals surface area contributed by atoms with Gasteiger partial charge in [-0.25, -0.2) is 4.39 Å². The van der Waals surface area contributed by atoms with E-state index in [2.05, 4.69) is 5.32 Å². The monoisotopic (exact) mass is 440 g/mol. The van der Waals surface area contributed by atoms with Gasteiger partial charge in [-0.2, -0.15) is 0 Å². The minimum Gasteiger partial charge on any atom is -0.484 e. The largest absolute Gasteiger partial charge is 0.484 e. The zero-order valence-electron chi connectivity index (χ0n) is 18.8. The molecule has 1 unspecified atom stereocenters. The van der Waals surface area contributed by atoms with E-state index in [0.717, 1.165) is 31.2 Å². The van der Waals surface area contributed by atoms with E-state index in [0.29, 0.717) is 25.1 Å². The van der Waals surface area contributed by atoms with E-state index in [1.54, 1.807) is 4.90 Å². The van der Waals surface area contributed by atoms with Gasteiger partial charge in [0.15, 0.2) is 6.61 Å². The number of nitrogens with zero attached hydrogens (tertiary/aromatic N) is 1. The van der Waals surface area contributed by atoms with Crippen molar-refractivity contribution in [1.29, 1.82) is 0 Å². The van der Waals surface area contributed by atoms with Crippen molar-refractivity contribution in [3.05, 3.63) is 66.0 Å². The van der Waals surface area contributed by atoms with E-state index in [9.17, 15) is 14.0 Å². The molecule has 0 aromatic heterocycles. The molecular formula is C26H33FN2O3. The van der Waals surface area contributed by atoms with Crippen LogP contribution in [0.2, 0.25) is 0 Å². The van der Waals surface area contributed by atoms with Crippen LogP contribution in [0.1, 0.15) is 51.0 Å². The number of carbonyl (C=O) groups excluding carboxylic acids is 2. The molecule has 32 heavy (non-hydrogen) atoms. The number of rotatable bonds is 10. The van der Waals surface area contributed by atoms with Crippen molar-refractivity contribution >= 4 is 11.8 Å². The summed E-state index contributed by atoms with van der Waals surface area (Å²) in [6.45, 7) is 2.15. The van der Waals surface area contributed by atoms with Crippen LogP contribution in [-0.2, 0) is 16.0 Å². The molecule has 2 amide bonds. The first-order valence-electron chi connectivity index (χ1n) is 11.6. The summed E-state index contributed by atoms with van der Waals surface area (Å²) < 4.78 is 18.7. The van der Waals surface area contributed by atoms with Crippen molar-refractivity contribution in [3.63, 3.8) is 0 Å². The quantitative estimate of drug-likeness (QED) is 0.592. The summed E-state index contributed by atoms with van der Waals surface area (Å²) in [6, 6.07) is 15.1. The van der Waals surface area contributed by atoms with Gasteiger partial charge in [-0.1, -0.05) is 56.5 Å². The minimum absolute atomic E-state index is 0.0948. The van der Waals surface area contributed by atoms with Crippen LogP contribution in [0.5, 0.6) is 5.75 Å². The first-order valence-corrected chi connectivity index (χ1v) is 11.6. The molecule has 0 spiro atoms. The van der Waals surface area contributed by atoms with Gasteiger partial charge in [0.1, 0.15) is 17.6 Å². The van der Waals surface area contributed by atoms with Gasteiger partial charge >= 0.3 is 0 Å². The van der Waals surface area contributed by atoms with Gasteiger partial charge in [0.2, 0.25) is 5.91 Å². The lowest BCUT2D eigenvalue weighted by molar-refractivity contribution is -0.142. The predicted molar refractivity (Wildman–Crippen MR) is 123 cm³/mol. The second-order valence-corrected chi connectivity index (χ2v) is 8.33. The minimum atomic E-state index is -0.551. The van der Waals surface area contributed by atoms with Gasteiger partial charge in [0, 0.05) is 12.6 Å². The predicted octanol–water partition coefficient (Wildman–Crippen LogP) is 4.50. The van der Waals surface area contributed by atoms with Crippen LogP contribution in [0.15, 0.2) is 54.6 Å². The van der Waals surface area contributed by atoms with E-state index < -0.39 is 6.04 Å². The summed E-state index contributed by atoms with van der Waals surface area (Å²) in [5.41, 5.74) is 1.10. The summed E-state index contributed by atoms with van der Waals surface area (Å²) in [5, 5.41) is 3.17. The molecule has 1 saturated carbocycles. The lowest BCUT2D eigenvalue weighted by atomic mass is 9.95. The number of hydrogen-bond acceptors (Lipinski definition) is 3. The summed E-state index contributed by atoms with van der Waals surface area (Å²) in [5.74, 6) is -0.292. The summed E-state index contributed by atoms with van der Waals surface area (Å²) in [6.07, 6.45) is 6.63. The van der Waals surface area contributed by atoms with Crippen molar-refractivity contribution < 1.29 is 18.7 Å². The topological polar surface area (TPSA) is 58.6 Å². The Morgan fingerprint density at radius 1 is 1.06 bits per heavy atom. The Bertz CT molecular complexity index is 851. The van der Waals surface area contributed by atoms with E-state index in [1.165, 1.54) is 30.7 Å². The van der Waals surface area contributed by atoms with Gasteiger partial charge in [-0.15, -0.1) is 0 Å². The average Bonchev–Trinajstić information content (AvgIpc) is 2.82. The molecule has 6 heteroatoms. The molecule has 1 atom stereocenters. The lowest BCUT2D eigenvalue weighted by Crippen LogP contribution is -2.53. The number of carbonyl (C=O) groups is 2. The molecule has 0 radical (unpaired) electrons. The highest BCUT2D eigenvalue weighted by atomic mass is 19.1. The normalized spacial score (nSPS) is 15.1. The first kappa shape index (κ1) is 23.8. The molecule has 2 aromatic rings. The SMILES string of the molecule is CCC(C(=O)NC1CCCCC1)N(CCc1ccccc1)C(=O)COc1ccc(F)cc1. The maximum atomic E-state index is 13.1. The lowest BCUT2D eigenvalue weighted by Gasteiger charge is -2.32. The molecule has 0 heterocycles. The molecule has 0 bridgehead atoms. The maximum Gasteiger partial charge on any atom is 0.261 e. The zero-order chi connectivity index (χ0) is 22.8. The van der Waals surface area contributed by atoms with Gasteiger partial charge < -0.3 is 15.0 Å². The van der Waals surface area contributed by atoms with Crippen LogP contribution in [0.3, 0.4) is 0 Å². The second kappa shape index (κ2) is 12.2. The van der Waals surface area contributed by atoms with Crippen LogP contribution in [0.4, 0.5) is 4.39 Å². The number of benzene rings is 2. The average molecular weight is 441 g/mol. The van der Waals surface area contributed by atoms with Crippen molar-refractivity contribution in [2.24, 2.45) is 0 Å². The fourth-order valence-corrected chi connectivity index (χ4v) is 4.20. The fourth-order valence-electron chi connectivity index (χ4n) is 4.20. The van der Waals surface area contributed by atoms with E-state index in [1.807, 2.05) is 37.3 Å². The Balaban J connectivity index is 1.68. The number of nitrogens with one attached hydrogen (secondary N) is 1. The number of halogens is 1. The highest BCUT2D eigenvalue weighted by Gasteiger charge is 2.30. The van der Waals surface area contributed by atoms with E-state index in [4.69, 9.17) is 4.74 Å². The molecule has 172 valence electrons. The maximum absolute atomic E-state index is 13.1. The van der Waals surface area contributed by atoms with Gasteiger partial charge in [0.05, 0.1) is 0 Å². The van der Waals surface area contributed by atoms with Crippen molar-refractivity contribution in [2.45, 2.75) is 64.0 Å². The molecular weight excluding hydrogens is 407 g/mol. The summed E-state index contributed by atoms with van der Waals surface area (Å²) >= 11 is 0. The van der Waals surface area contributed by atoms with Crippen molar-refractivity contribution in [2.75, 3.05) is 13.2 Å². The molecule has 1 fully saturated rings. The van der Waals surface area contributed by atoms with E-state index in [-0.39, 0.29) is 30.3 Å². The third-order valence-corrected chi connectivity index (χ3v) is 6.00. The molecule has 2 aromatic carbocycles. The van der Waals surface area contributed by atoms with Crippen LogP contribution < -0.4 is 10.1 Å². The molecule has 0 saturated heterocycles. The van der Waals surface area contributed by atoms with Crippen LogP contribution in [0.25, 0.3) is 0 Å². The number of ether oxygens (including phenoxy) is 1. The van der Waals surface area contributed by atoms with Gasteiger partial charge in [0.25, 0.3) is 5.91 Å². The van der Waals surface area contributed by atoms with Crippen LogP contribution in [-0.4, -0.2) is 41.9 Å². The first-order chi connectivity index (χ1) is 15.6. The second-order valence-electron chi connectivity index (χ2n) is 8.33. The zero-order valence-corrected chi connectivity index (χ0v) is 18.8. The molecule has 5 nitrogen and oxygen atoms in total. The Hall–Kier alpha value is -2.89. The Labute approximate surface area is 190 Å². The van der Waals surface area contributed by atoms with Crippen molar-refractivity contribution in [1.82, 2.24) is 10.2 Å². The summed E-state index contributed by atoms with van der Waals surface area (Å²) in [4.78, 5) is 27.9. The number of hydrogen-bond donors (Lipinski definition) is 1. The molecule has 0 aliphatic heterocycles. The molecule has 3 rings (SSSR count). The van der Waals surface area contributed by atoms with Crippen LogP contribution in [0, 0.1) is 5.82 Å². The highest BCUT2D eigenvalue weighted by Crippen LogP contribution is 2.19. The molecule has 1 N–H and O–H groups in total. The third kappa shape index (κ3) is 7.08. The van der Waals surface area contributed by atoms with Gasteiger partial charge in [-0.3, -0.25) is 9.59 Å². The van der Waals surface area contributed by atoms with Crippen LogP contribution >= 0.6 is 0 Å². The van der Waals surface area contributed by atoms with E-state index >= 15 is 0 Å². The third-order valence-electron chi connectivity index (χ3n) is 6.00. The Kier molecular flexibility index (Phi) is 9.08. The summed E-state index contributed by atoms with van der Waals surface area (Å²) in [7, 11) is 0. The van der Waals surface area contributed by atoms with Crippen molar-refractivity contribution in [3.8, 4) is 5.75 Å². The molecule has 1 aliphatic carbocycles. The standard InChI is InChI=1S/C26H33FN2O3/c1-2-24(26(31)28-22-11-7-4-8-12-22)29(18-17-20-9-5-3-6-10-20)25(30)19-32-23-15-13-21(27)14-16-23/h3,5-6,9-10,13-16,22,24H,2,4,7-8,11-12,17-19H2,1H3,(H,28,31). The smallest absolute Gasteiger partial charge is 0.261 e. The molecule has 1 aliphatic rings. The Morgan fingerprint density at radius 2 is 1.75 bits per heavy atom. The number of amides is 2. The fraction of sp³-hybridized carbons (Fsp3) is 0.462. The Morgan fingerprint density at radius 3 is 2.41 bits per heavy atom. The highest BCUT2D eigenvalue weighted by molar-refractivity contribution is 5.88.